The van der Waals surface area contributed by atoms with E-state index in [0.29, 0.717) is 12.1 Å². The van der Waals surface area contributed by atoms with Gasteiger partial charge >= 0.3 is 0 Å². The Morgan fingerprint density at radius 2 is 1.67 bits per heavy atom. The van der Waals surface area contributed by atoms with Crippen molar-refractivity contribution in [3.63, 3.8) is 0 Å². The number of carbonyl (C=O) groups excluding carboxylic acids is 1. The highest BCUT2D eigenvalue weighted by Crippen LogP contribution is 2.35. The lowest BCUT2D eigenvalue weighted by molar-refractivity contribution is -0.117. The molecule has 0 fully saturated rings. The first-order valence-electron chi connectivity index (χ1n) is 7.09. The molecule has 0 saturated carbocycles. The zero-order valence-corrected chi connectivity index (χ0v) is 12.4. The van der Waals surface area contributed by atoms with E-state index < -0.39 is 5.75 Å². The van der Waals surface area contributed by atoms with Gasteiger partial charge in [0.15, 0.2) is 17.2 Å². The normalized spacial score (nSPS) is 10.3. The number of hydrogen-bond acceptors (Lipinski definition) is 4. The van der Waals surface area contributed by atoms with E-state index in [1.165, 1.54) is 12.1 Å². The van der Waals surface area contributed by atoms with Crippen molar-refractivity contribution in [2.75, 3.05) is 6.54 Å². The summed E-state index contributed by atoms with van der Waals surface area (Å²) in [4.78, 5) is 11.2. The molecule has 0 aromatic heterocycles. The standard InChI is InChI=1S/C16H23NO4/c1-11(2)16(21)17-8-6-4-3-5-7-12-9-13(18)15(20)14(19)10-12/h9-10,18-20H,1,3-8H2,2H3,(H,17,21). The summed E-state index contributed by atoms with van der Waals surface area (Å²) in [5.41, 5.74) is 1.31. The average Bonchev–Trinajstić information content (AvgIpc) is 2.43. The van der Waals surface area contributed by atoms with Gasteiger partial charge in [-0.25, -0.2) is 0 Å². The summed E-state index contributed by atoms with van der Waals surface area (Å²) >= 11 is 0. The number of hydrogen-bond donors (Lipinski definition) is 4. The molecule has 0 aliphatic carbocycles. The van der Waals surface area contributed by atoms with Gasteiger partial charge in [0.05, 0.1) is 0 Å². The Morgan fingerprint density at radius 3 is 2.24 bits per heavy atom. The van der Waals surface area contributed by atoms with Gasteiger partial charge in [0.1, 0.15) is 0 Å². The molecule has 0 saturated heterocycles. The minimum atomic E-state index is -0.480. The number of carbonyl (C=O) groups is 1. The zero-order valence-electron chi connectivity index (χ0n) is 12.4. The quantitative estimate of drug-likeness (QED) is 0.337. The van der Waals surface area contributed by atoms with Gasteiger partial charge in [-0.1, -0.05) is 19.4 Å². The van der Waals surface area contributed by atoms with E-state index in [0.717, 1.165) is 37.7 Å². The smallest absolute Gasteiger partial charge is 0.246 e. The monoisotopic (exact) mass is 293 g/mol. The summed E-state index contributed by atoms with van der Waals surface area (Å²) in [6.45, 7) is 5.89. The van der Waals surface area contributed by atoms with Crippen LogP contribution in [0.4, 0.5) is 0 Å². The van der Waals surface area contributed by atoms with Crippen LogP contribution in [0.3, 0.4) is 0 Å². The zero-order chi connectivity index (χ0) is 15.8. The van der Waals surface area contributed by atoms with Gasteiger partial charge in [-0.15, -0.1) is 0 Å². The lowest BCUT2D eigenvalue weighted by Crippen LogP contribution is -2.24. The van der Waals surface area contributed by atoms with Crippen molar-refractivity contribution < 1.29 is 20.1 Å². The number of aryl methyl sites for hydroxylation is 1. The summed E-state index contributed by atoms with van der Waals surface area (Å²) in [7, 11) is 0. The number of phenols is 3. The molecule has 0 aliphatic rings. The lowest BCUT2D eigenvalue weighted by Gasteiger charge is -2.06. The molecular weight excluding hydrogens is 270 g/mol. The summed E-state index contributed by atoms with van der Waals surface area (Å²) in [5.74, 6) is -1.18. The van der Waals surface area contributed by atoms with Gasteiger partial charge in [0, 0.05) is 12.1 Å². The maximum absolute atomic E-state index is 11.2. The SMILES string of the molecule is C=C(C)C(=O)NCCCCCCc1cc(O)c(O)c(O)c1. The Labute approximate surface area is 124 Å². The van der Waals surface area contributed by atoms with Gasteiger partial charge in [-0.2, -0.15) is 0 Å². The van der Waals surface area contributed by atoms with Crippen LogP contribution in [0.1, 0.15) is 38.2 Å². The number of nitrogens with one attached hydrogen (secondary N) is 1. The Hall–Kier alpha value is -2.17. The highest BCUT2D eigenvalue weighted by atomic mass is 16.3. The fourth-order valence-electron chi connectivity index (χ4n) is 1.97. The highest BCUT2D eigenvalue weighted by molar-refractivity contribution is 5.91. The molecule has 5 heteroatoms. The summed E-state index contributed by atoms with van der Waals surface area (Å²) in [5, 5.41) is 30.8. The molecule has 0 radical (unpaired) electrons. The highest BCUT2D eigenvalue weighted by Gasteiger charge is 2.07. The van der Waals surface area contributed by atoms with Crippen molar-refractivity contribution >= 4 is 5.91 Å². The number of aromatic hydroxyl groups is 3. The van der Waals surface area contributed by atoms with Crippen LogP contribution in [0.15, 0.2) is 24.3 Å². The van der Waals surface area contributed by atoms with Gasteiger partial charge in [0.25, 0.3) is 0 Å². The summed E-state index contributed by atoms with van der Waals surface area (Å²) < 4.78 is 0. The second kappa shape index (κ2) is 8.19. The molecule has 1 rings (SSSR count). The molecule has 0 spiro atoms. The van der Waals surface area contributed by atoms with Gasteiger partial charge in [-0.05, 0) is 43.9 Å². The second-order valence-electron chi connectivity index (χ2n) is 5.18. The number of amides is 1. The fraction of sp³-hybridized carbons (Fsp3) is 0.438. The first-order valence-corrected chi connectivity index (χ1v) is 7.09. The van der Waals surface area contributed by atoms with Crippen molar-refractivity contribution in [3.05, 3.63) is 29.8 Å². The van der Waals surface area contributed by atoms with Crippen LogP contribution < -0.4 is 5.32 Å². The minimum Gasteiger partial charge on any atom is -0.504 e. The maximum atomic E-state index is 11.2. The molecule has 1 amide bonds. The average molecular weight is 293 g/mol. The molecule has 21 heavy (non-hydrogen) atoms. The van der Waals surface area contributed by atoms with Gasteiger partial charge < -0.3 is 20.6 Å². The van der Waals surface area contributed by atoms with Crippen molar-refractivity contribution in [1.29, 1.82) is 0 Å². The van der Waals surface area contributed by atoms with Crippen LogP contribution in [-0.2, 0) is 11.2 Å². The van der Waals surface area contributed by atoms with Crippen LogP contribution in [0.2, 0.25) is 0 Å². The number of rotatable bonds is 8. The molecule has 1 aromatic carbocycles. The largest absolute Gasteiger partial charge is 0.504 e. The van der Waals surface area contributed by atoms with Crippen LogP contribution in [-0.4, -0.2) is 27.8 Å². The first-order chi connectivity index (χ1) is 9.91. The van der Waals surface area contributed by atoms with Crippen LogP contribution in [0.5, 0.6) is 17.2 Å². The maximum Gasteiger partial charge on any atom is 0.246 e. The minimum absolute atomic E-state index is 0.106. The molecule has 1 aromatic rings. The first kappa shape index (κ1) is 16.9. The van der Waals surface area contributed by atoms with Crippen molar-refractivity contribution in [2.45, 2.75) is 39.0 Å². The van der Waals surface area contributed by atoms with Gasteiger partial charge in [0.2, 0.25) is 5.91 Å². The topological polar surface area (TPSA) is 89.8 Å². The Kier molecular flexibility index (Phi) is 6.59. The van der Waals surface area contributed by atoms with E-state index >= 15 is 0 Å². The molecular formula is C16H23NO4. The predicted molar refractivity (Wildman–Crippen MR) is 81.4 cm³/mol. The predicted octanol–water partition coefficient (Wildman–Crippen LogP) is 2.60. The van der Waals surface area contributed by atoms with Crippen molar-refractivity contribution in [3.8, 4) is 17.2 Å². The van der Waals surface area contributed by atoms with E-state index in [1.807, 2.05) is 0 Å². The van der Waals surface area contributed by atoms with Crippen molar-refractivity contribution in [2.24, 2.45) is 0 Å². The molecule has 0 atom stereocenters. The number of unbranched alkanes of at least 4 members (excludes halogenated alkanes) is 3. The van der Waals surface area contributed by atoms with Crippen LogP contribution in [0, 0.1) is 0 Å². The van der Waals surface area contributed by atoms with Crippen LogP contribution in [0.25, 0.3) is 0 Å². The van der Waals surface area contributed by atoms with Crippen LogP contribution >= 0.6 is 0 Å². The summed E-state index contributed by atoms with van der Waals surface area (Å²) in [6.07, 6.45) is 4.53. The van der Waals surface area contributed by atoms with E-state index in [2.05, 4.69) is 11.9 Å². The Balaban J connectivity index is 2.17. The van der Waals surface area contributed by atoms with Gasteiger partial charge in [-0.3, -0.25) is 4.79 Å². The number of benzene rings is 1. The lowest BCUT2D eigenvalue weighted by atomic mass is 10.0. The number of phenolic OH excluding ortho intramolecular Hbond substituents is 3. The second-order valence-corrected chi connectivity index (χ2v) is 5.18. The van der Waals surface area contributed by atoms with E-state index in [4.69, 9.17) is 0 Å². The molecule has 0 unspecified atom stereocenters. The van der Waals surface area contributed by atoms with E-state index in [1.54, 1.807) is 6.92 Å². The Morgan fingerprint density at radius 1 is 1.10 bits per heavy atom. The fourth-order valence-corrected chi connectivity index (χ4v) is 1.97. The molecule has 0 aliphatic heterocycles. The molecule has 0 bridgehead atoms. The van der Waals surface area contributed by atoms with E-state index in [9.17, 15) is 20.1 Å². The third-order valence-electron chi connectivity index (χ3n) is 3.19. The molecule has 5 nitrogen and oxygen atoms in total. The van der Waals surface area contributed by atoms with Crippen molar-refractivity contribution in [1.82, 2.24) is 5.32 Å². The molecule has 116 valence electrons. The Bertz CT molecular complexity index is 488. The molecule has 4 N–H and O–H groups in total. The third-order valence-corrected chi connectivity index (χ3v) is 3.19. The summed E-state index contributed by atoms with van der Waals surface area (Å²) in [6, 6.07) is 2.92. The van der Waals surface area contributed by atoms with E-state index in [-0.39, 0.29) is 17.4 Å². The third kappa shape index (κ3) is 5.77. The molecule has 0 heterocycles.